The predicted molar refractivity (Wildman–Crippen MR) is 56.0 cm³/mol. The van der Waals surface area contributed by atoms with Crippen molar-refractivity contribution >= 4 is 5.97 Å². The Morgan fingerprint density at radius 2 is 1.71 bits per heavy atom. The molecular formula is C11H21NO2. The number of carboxylic acid groups (broad SMARTS) is 1. The molecule has 1 fully saturated rings. The molecule has 0 aromatic rings. The fourth-order valence-corrected chi connectivity index (χ4v) is 2.28. The maximum Gasteiger partial charge on any atom is 0.304 e. The van der Waals surface area contributed by atoms with Crippen molar-refractivity contribution in [2.24, 2.45) is 11.7 Å². The topological polar surface area (TPSA) is 63.3 Å². The molecule has 1 rings (SSSR count). The van der Waals surface area contributed by atoms with Crippen LogP contribution in [0, 0.1) is 5.92 Å². The van der Waals surface area contributed by atoms with Gasteiger partial charge in [-0.1, -0.05) is 32.1 Å². The summed E-state index contributed by atoms with van der Waals surface area (Å²) in [5.41, 5.74) is 5.89. The van der Waals surface area contributed by atoms with Crippen LogP contribution in [0.1, 0.15) is 51.4 Å². The van der Waals surface area contributed by atoms with Crippen molar-refractivity contribution in [1.82, 2.24) is 0 Å². The quantitative estimate of drug-likeness (QED) is 0.732. The molecule has 0 aliphatic heterocycles. The minimum atomic E-state index is -0.764. The Morgan fingerprint density at radius 1 is 1.21 bits per heavy atom. The lowest BCUT2D eigenvalue weighted by molar-refractivity contribution is -0.137. The van der Waals surface area contributed by atoms with E-state index < -0.39 is 5.97 Å². The summed E-state index contributed by atoms with van der Waals surface area (Å²) in [5, 5.41) is 8.66. The average molecular weight is 199 g/mol. The van der Waals surface area contributed by atoms with Crippen LogP contribution in [0.15, 0.2) is 0 Å². The number of nitrogens with two attached hydrogens (primary N) is 1. The third-order valence-electron chi connectivity index (χ3n) is 3.17. The minimum absolute atomic E-state index is 0.130. The van der Waals surface area contributed by atoms with Gasteiger partial charge in [0.05, 0.1) is 6.42 Å². The monoisotopic (exact) mass is 199 g/mol. The molecule has 0 aromatic carbocycles. The maximum atomic E-state index is 10.5. The summed E-state index contributed by atoms with van der Waals surface area (Å²) in [6.07, 6.45) is 8.72. The standard InChI is InChI=1S/C11H21NO2/c12-10(8-11(13)14)9-6-4-2-1-3-5-7-9/h9-10H,1-8,12H2,(H,13,14)/t10-/m1/s1. The van der Waals surface area contributed by atoms with Gasteiger partial charge in [-0.2, -0.15) is 0 Å². The van der Waals surface area contributed by atoms with Gasteiger partial charge in [0.15, 0.2) is 0 Å². The number of aliphatic carboxylic acids is 1. The van der Waals surface area contributed by atoms with Crippen LogP contribution >= 0.6 is 0 Å². The minimum Gasteiger partial charge on any atom is -0.481 e. The zero-order valence-electron chi connectivity index (χ0n) is 8.74. The molecule has 0 radical (unpaired) electrons. The lowest BCUT2D eigenvalue weighted by atomic mass is 9.85. The number of rotatable bonds is 3. The van der Waals surface area contributed by atoms with Crippen LogP contribution < -0.4 is 5.73 Å². The first kappa shape index (κ1) is 11.5. The smallest absolute Gasteiger partial charge is 0.304 e. The van der Waals surface area contributed by atoms with Crippen LogP contribution in [0.25, 0.3) is 0 Å². The molecule has 3 nitrogen and oxygen atoms in total. The molecule has 0 unspecified atom stereocenters. The largest absolute Gasteiger partial charge is 0.481 e. The Labute approximate surface area is 85.7 Å². The second kappa shape index (κ2) is 6.02. The van der Waals surface area contributed by atoms with Crippen LogP contribution in [0.5, 0.6) is 0 Å². The van der Waals surface area contributed by atoms with E-state index in [1.165, 1.54) is 32.1 Å². The molecule has 0 spiro atoms. The van der Waals surface area contributed by atoms with Crippen molar-refractivity contribution in [1.29, 1.82) is 0 Å². The molecule has 3 N–H and O–H groups in total. The van der Waals surface area contributed by atoms with Gasteiger partial charge in [-0.25, -0.2) is 0 Å². The first-order valence-electron chi connectivity index (χ1n) is 5.67. The van der Waals surface area contributed by atoms with Crippen molar-refractivity contribution in [3.05, 3.63) is 0 Å². The summed E-state index contributed by atoms with van der Waals surface area (Å²) in [6.45, 7) is 0. The van der Waals surface area contributed by atoms with E-state index in [0.717, 1.165) is 12.8 Å². The van der Waals surface area contributed by atoms with Gasteiger partial charge in [0, 0.05) is 6.04 Å². The van der Waals surface area contributed by atoms with Crippen LogP contribution in [-0.2, 0) is 4.79 Å². The molecule has 1 aliphatic rings. The number of carbonyl (C=O) groups is 1. The molecule has 0 bridgehead atoms. The van der Waals surface area contributed by atoms with E-state index in [-0.39, 0.29) is 12.5 Å². The lowest BCUT2D eigenvalue weighted by Crippen LogP contribution is -2.33. The van der Waals surface area contributed by atoms with E-state index in [2.05, 4.69) is 0 Å². The summed E-state index contributed by atoms with van der Waals surface area (Å²) in [7, 11) is 0. The first-order valence-corrected chi connectivity index (χ1v) is 5.67. The van der Waals surface area contributed by atoms with Crippen molar-refractivity contribution in [2.75, 3.05) is 0 Å². The highest BCUT2D eigenvalue weighted by Crippen LogP contribution is 2.25. The Morgan fingerprint density at radius 3 is 2.21 bits per heavy atom. The Balaban J connectivity index is 2.34. The summed E-state index contributed by atoms with van der Waals surface area (Å²) >= 11 is 0. The molecular weight excluding hydrogens is 178 g/mol. The summed E-state index contributed by atoms with van der Waals surface area (Å²) in [5.74, 6) is -0.328. The van der Waals surface area contributed by atoms with E-state index in [1.807, 2.05) is 0 Å². The van der Waals surface area contributed by atoms with Gasteiger partial charge >= 0.3 is 5.97 Å². The van der Waals surface area contributed by atoms with Crippen LogP contribution in [0.2, 0.25) is 0 Å². The van der Waals surface area contributed by atoms with Gasteiger partial charge in [-0.05, 0) is 18.8 Å². The number of hydrogen-bond donors (Lipinski definition) is 2. The third-order valence-corrected chi connectivity index (χ3v) is 3.17. The van der Waals surface area contributed by atoms with Gasteiger partial charge in [0.1, 0.15) is 0 Å². The Bertz CT molecular complexity index is 174. The van der Waals surface area contributed by atoms with Crippen molar-refractivity contribution in [3.8, 4) is 0 Å². The summed E-state index contributed by atoms with van der Waals surface area (Å²) < 4.78 is 0. The van der Waals surface area contributed by atoms with Gasteiger partial charge in [-0.3, -0.25) is 4.79 Å². The molecule has 1 saturated carbocycles. The van der Waals surface area contributed by atoms with Gasteiger partial charge in [0.2, 0.25) is 0 Å². The SMILES string of the molecule is N[C@H](CC(=O)O)C1CCCCCCC1. The molecule has 14 heavy (non-hydrogen) atoms. The first-order chi connectivity index (χ1) is 6.70. The highest BCUT2D eigenvalue weighted by Gasteiger charge is 2.20. The summed E-state index contributed by atoms with van der Waals surface area (Å²) in [6, 6.07) is -0.134. The Hall–Kier alpha value is -0.570. The second-order valence-corrected chi connectivity index (χ2v) is 4.37. The lowest BCUT2D eigenvalue weighted by Gasteiger charge is -2.24. The van der Waals surface area contributed by atoms with Gasteiger partial charge in [-0.15, -0.1) is 0 Å². The zero-order valence-corrected chi connectivity index (χ0v) is 8.74. The normalized spacial score (nSPS) is 22.4. The molecule has 1 aliphatic carbocycles. The highest BCUT2D eigenvalue weighted by molar-refractivity contribution is 5.67. The number of carboxylic acids is 1. The summed E-state index contributed by atoms with van der Waals surface area (Å²) in [4.78, 5) is 10.5. The van der Waals surface area contributed by atoms with E-state index in [9.17, 15) is 4.79 Å². The molecule has 82 valence electrons. The second-order valence-electron chi connectivity index (χ2n) is 4.37. The van der Waals surface area contributed by atoms with E-state index in [4.69, 9.17) is 10.8 Å². The Kier molecular flexibility index (Phi) is 4.94. The van der Waals surface area contributed by atoms with E-state index >= 15 is 0 Å². The van der Waals surface area contributed by atoms with E-state index in [1.54, 1.807) is 0 Å². The van der Waals surface area contributed by atoms with Crippen molar-refractivity contribution in [2.45, 2.75) is 57.4 Å². The zero-order chi connectivity index (χ0) is 10.4. The molecule has 3 heteroatoms. The van der Waals surface area contributed by atoms with Crippen LogP contribution in [0.4, 0.5) is 0 Å². The molecule has 0 saturated heterocycles. The van der Waals surface area contributed by atoms with Crippen molar-refractivity contribution < 1.29 is 9.90 Å². The number of hydrogen-bond acceptors (Lipinski definition) is 2. The highest BCUT2D eigenvalue weighted by atomic mass is 16.4. The maximum absolute atomic E-state index is 10.5. The molecule has 0 amide bonds. The predicted octanol–water partition coefficient (Wildman–Crippen LogP) is 2.15. The molecule has 0 heterocycles. The fourth-order valence-electron chi connectivity index (χ4n) is 2.28. The van der Waals surface area contributed by atoms with Crippen LogP contribution in [-0.4, -0.2) is 17.1 Å². The average Bonchev–Trinajstić information content (AvgIpc) is 2.00. The molecule has 1 atom stereocenters. The third kappa shape index (κ3) is 4.09. The van der Waals surface area contributed by atoms with E-state index in [0.29, 0.717) is 5.92 Å². The van der Waals surface area contributed by atoms with Gasteiger partial charge in [0.25, 0.3) is 0 Å². The molecule has 0 aromatic heterocycles. The van der Waals surface area contributed by atoms with Crippen molar-refractivity contribution in [3.63, 3.8) is 0 Å². The van der Waals surface area contributed by atoms with Crippen LogP contribution in [0.3, 0.4) is 0 Å². The fraction of sp³-hybridized carbons (Fsp3) is 0.909. The van der Waals surface area contributed by atoms with Gasteiger partial charge < -0.3 is 10.8 Å².